The predicted octanol–water partition coefficient (Wildman–Crippen LogP) is -2.52. The van der Waals surface area contributed by atoms with E-state index < -0.39 is 24.4 Å². The molecule has 2 fully saturated rings. The highest BCUT2D eigenvalue weighted by molar-refractivity contribution is 5.02. The smallest absolute Gasteiger partial charge is 0.0994 e. The van der Waals surface area contributed by atoms with Crippen LogP contribution in [0.4, 0.5) is 0 Å². The van der Waals surface area contributed by atoms with E-state index in [-0.39, 0.29) is 6.04 Å². The Morgan fingerprint density at radius 3 is 2.54 bits per heavy atom. The molecule has 1 unspecified atom stereocenters. The maximum Gasteiger partial charge on any atom is 0.0994 e. The van der Waals surface area contributed by atoms with E-state index in [0.717, 1.165) is 6.54 Å². The molecule has 2 aliphatic rings. The molecule has 76 valence electrons. The van der Waals surface area contributed by atoms with Gasteiger partial charge in [0.25, 0.3) is 0 Å². The molecule has 5 heteroatoms. The summed E-state index contributed by atoms with van der Waals surface area (Å²) in [6, 6.07) is -0.730. The molecule has 2 heterocycles. The van der Waals surface area contributed by atoms with Gasteiger partial charge in [-0.3, -0.25) is 4.90 Å². The van der Waals surface area contributed by atoms with Crippen molar-refractivity contribution < 1.29 is 15.3 Å². The molecule has 2 aliphatic heterocycles. The number of hydrogen-bond acceptors (Lipinski definition) is 5. The lowest BCUT2D eigenvalue weighted by Crippen LogP contribution is -2.63. The third-order valence-corrected chi connectivity index (χ3v) is 3.11. The van der Waals surface area contributed by atoms with Gasteiger partial charge < -0.3 is 21.1 Å². The Morgan fingerprint density at radius 1 is 1.15 bits per heavy atom. The average molecular weight is 188 g/mol. The van der Waals surface area contributed by atoms with E-state index in [2.05, 4.69) is 0 Å². The van der Waals surface area contributed by atoms with Gasteiger partial charge >= 0.3 is 0 Å². The van der Waals surface area contributed by atoms with Gasteiger partial charge in [0, 0.05) is 19.1 Å². The SMILES string of the molecule is N[C@H]1CN2CC[C@H](O)C2[C@@H](O)[C@@H]1O. The predicted molar refractivity (Wildman–Crippen MR) is 46.0 cm³/mol. The van der Waals surface area contributed by atoms with Gasteiger partial charge in [0.05, 0.1) is 24.4 Å². The molecule has 5 atom stereocenters. The lowest BCUT2D eigenvalue weighted by Gasteiger charge is -2.41. The lowest BCUT2D eigenvalue weighted by molar-refractivity contribution is -0.0951. The number of hydrogen-bond donors (Lipinski definition) is 4. The van der Waals surface area contributed by atoms with Gasteiger partial charge in [-0.25, -0.2) is 0 Å². The van der Waals surface area contributed by atoms with E-state index in [0.29, 0.717) is 13.0 Å². The molecule has 2 rings (SSSR count). The normalized spacial score (nSPS) is 52.2. The molecular formula is C8H16N2O3. The van der Waals surface area contributed by atoms with Gasteiger partial charge in [-0.2, -0.15) is 0 Å². The minimum atomic E-state index is -0.916. The summed E-state index contributed by atoms with van der Waals surface area (Å²) in [5.74, 6) is 0. The first-order valence-corrected chi connectivity index (χ1v) is 4.65. The van der Waals surface area contributed by atoms with Crippen LogP contribution in [-0.4, -0.2) is 63.7 Å². The highest BCUT2D eigenvalue weighted by Crippen LogP contribution is 2.27. The zero-order valence-electron chi connectivity index (χ0n) is 7.37. The van der Waals surface area contributed by atoms with Crippen molar-refractivity contribution in [3.63, 3.8) is 0 Å². The first-order chi connectivity index (χ1) is 6.11. The van der Waals surface area contributed by atoms with Crippen LogP contribution in [-0.2, 0) is 0 Å². The molecule has 0 spiro atoms. The van der Waals surface area contributed by atoms with Crippen LogP contribution < -0.4 is 5.73 Å². The second kappa shape index (κ2) is 3.18. The quantitative estimate of drug-likeness (QED) is 0.337. The van der Waals surface area contributed by atoms with Crippen LogP contribution in [0.5, 0.6) is 0 Å². The standard InChI is InChI=1S/C8H16N2O3/c9-4-3-10-2-1-5(11)6(10)8(13)7(4)12/h4-8,11-13H,1-3,9H2/t4-,5-,6?,7+,8+/m0/s1. The van der Waals surface area contributed by atoms with Crippen LogP contribution in [0.1, 0.15) is 6.42 Å². The van der Waals surface area contributed by atoms with Gasteiger partial charge in [0.2, 0.25) is 0 Å². The van der Waals surface area contributed by atoms with Crippen molar-refractivity contribution >= 4 is 0 Å². The highest BCUT2D eigenvalue weighted by atomic mass is 16.3. The molecule has 0 aromatic rings. The third-order valence-electron chi connectivity index (χ3n) is 3.11. The Kier molecular flexibility index (Phi) is 2.29. The van der Waals surface area contributed by atoms with Crippen molar-refractivity contribution in [1.29, 1.82) is 0 Å². The number of nitrogens with two attached hydrogens (primary N) is 1. The number of aliphatic hydroxyl groups is 3. The van der Waals surface area contributed by atoms with E-state index >= 15 is 0 Å². The Balaban J connectivity index is 2.15. The van der Waals surface area contributed by atoms with Crippen LogP contribution in [0, 0.1) is 0 Å². The fourth-order valence-electron chi connectivity index (χ4n) is 2.35. The van der Waals surface area contributed by atoms with E-state index in [1.165, 1.54) is 0 Å². The molecule has 0 amide bonds. The molecule has 0 saturated carbocycles. The Hall–Kier alpha value is -0.200. The highest BCUT2D eigenvalue weighted by Gasteiger charge is 2.46. The van der Waals surface area contributed by atoms with Gasteiger partial charge in [-0.05, 0) is 6.42 Å². The van der Waals surface area contributed by atoms with E-state index in [1.54, 1.807) is 0 Å². The summed E-state index contributed by atoms with van der Waals surface area (Å²) < 4.78 is 0. The summed E-state index contributed by atoms with van der Waals surface area (Å²) in [6.45, 7) is 1.31. The summed E-state index contributed by atoms with van der Waals surface area (Å²) in [4.78, 5) is 1.95. The Labute approximate surface area is 76.8 Å². The monoisotopic (exact) mass is 188 g/mol. The van der Waals surface area contributed by atoms with E-state index in [4.69, 9.17) is 5.73 Å². The molecule has 0 bridgehead atoms. The van der Waals surface area contributed by atoms with Crippen molar-refractivity contribution in [2.45, 2.75) is 36.8 Å². The molecular weight excluding hydrogens is 172 g/mol. The second-order valence-corrected chi connectivity index (χ2v) is 3.99. The largest absolute Gasteiger partial charge is 0.391 e. The maximum absolute atomic E-state index is 9.66. The Morgan fingerprint density at radius 2 is 1.85 bits per heavy atom. The van der Waals surface area contributed by atoms with Crippen LogP contribution in [0.3, 0.4) is 0 Å². The maximum atomic E-state index is 9.66. The van der Waals surface area contributed by atoms with Crippen molar-refractivity contribution in [1.82, 2.24) is 4.90 Å². The summed E-state index contributed by atoms with van der Waals surface area (Å²) in [5.41, 5.74) is 5.64. The summed E-state index contributed by atoms with van der Waals surface area (Å²) in [6.07, 6.45) is -1.70. The third kappa shape index (κ3) is 1.37. The number of nitrogens with zero attached hydrogens (tertiary/aromatic N) is 1. The van der Waals surface area contributed by atoms with Crippen LogP contribution >= 0.6 is 0 Å². The number of fused-ring (bicyclic) bond motifs is 1. The second-order valence-electron chi connectivity index (χ2n) is 3.99. The van der Waals surface area contributed by atoms with Gasteiger partial charge in [0.15, 0.2) is 0 Å². The fraction of sp³-hybridized carbons (Fsp3) is 1.00. The van der Waals surface area contributed by atoms with Crippen molar-refractivity contribution in [3.05, 3.63) is 0 Å². The number of rotatable bonds is 0. The first-order valence-electron chi connectivity index (χ1n) is 4.65. The van der Waals surface area contributed by atoms with E-state index in [9.17, 15) is 15.3 Å². The summed E-state index contributed by atoms with van der Waals surface area (Å²) in [7, 11) is 0. The minimum absolute atomic E-state index is 0.324. The number of aliphatic hydroxyl groups excluding tert-OH is 3. The molecule has 0 aromatic heterocycles. The van der Waals surface area contributed by atoms with Crippen molar-refractivity contribution in [2.75, 3.05) is 13.1 Å². The van der Waals surface area contributed by atoms with E-state index in [1.807, 2.05) is 4.90 Å². The number of piperidine rings is 1. The topological polar surface area (TPSA) is 90.0 Å². The molecule has 2 saturated heterocycles. The van der Waals surface area contributed by atoms with Gasteiger partial charge in [-0.15, -0.1) is 0 Å². The Bertz CT molecular complexity index is 202. The van der Waals surface area contributed by atoms with Gasteiger partial charge in [-0.1, -0.05) is 0 Å². The lowest BCUT2D eigenvalue weighted by atomic mass is 9.92. The van der Waals surface area contributed by atoms with Gasteiger partial charge in [0.1, 0.15) is 0 Å². The molecule has 0 aromatic carbocycles. The molecule has 0 aliphatic carbocycles. The van der Waals surface area contributed by atoms with Crippen molar-refractivity contribution in [3.8, 4) is 0 Å². The first kappa shape index (κ1) is 9.36. The van der Waals surface area contributed by atoms with Crippen molar-refractivity contribution in [2.24, 2.45) is 5.73 Å². The average Bonchev–Trinajstić information content (AvgIpc) is 2.43. The van der Waals surface area contributed by atoms with Crippen LogP contribution in [0.25, 0.3) is 0 Å². The molecule has 5 nitrogen and oxygen atoms in total. The zero-order valence-corrected chi connectivity index (χ0v) is 7.37. The summed E-state index contributed by atoms with van der Waals surface area (Å²) >= 11 is 0. The zero-order chi connectivity index (χ0) is 9.59. The fourth-order valence-corrected chi connectivity index (χ4v) is 2.35. The molecule has 0 radical (unpaired) electrons. The minimum Gasteiger partial charge on any atom is -0.391 e. The van der Waals surface area contributed by atoms with Crippen LogP contribution in [0.2, 0.25) is 0 Å². The molecule has 13 heavy (non-hydrogen) atoms. The molecule has 5 N–H and O–H groups in total. The van der Waals surface area contributed by atoms with Crippen LogP contribution in [0.15, 0.2) is 0 Å². The summed E-state index contributed by atoms with van der Waals surface area (Å²) in [5, 5.41) is 28.7.